The number of hydrogen-bond acceptors (Lipinski definition) is 3. The number of aromatic nitrogens is 3. The van der Waals surface area contributed by atoms with Gasteiger partial charge in [0, 0.05) is 19.0 Å². The van der Waals surface area contributed by atoms with Crippen molar-refractivity contribution in [3.8, 4) is 0 Å². The van der Waals surface area contributed by atoms with Crippen LogP contribution in [0, 0.1) is 22.0 Å². The Kier molecular flexibility index (Phi) is 3.44. The predicted octanol–water partition coefficient (Wildman–Crippen LogP) is 3.24. The van der Waals surface area contributed by atoms with Crippen LogP contribution < -0.4 is 5.32 Å². The van der Waals surface area contributed by atoms with E-state index in [0.717, 1.165) is 37.9 Å². The number of carbonyl (C=O) groups excluding carboxylic acids is 1. The number of halogens is 1. The van der Waals surface area contributed by atoms with Crippen LogP contribution in [-0.4, -0.2) is 32.9 Å². The Morgan fingerprint density at radius 3 is 2.68 bits per heavy atom. The van der Waals surface area contributed by atoms with Crippen molar-refractivity contribution in [3.05, 3.63) is 10.6 Å². The van der Waals surface area contributed by atoms with E-state index in [4.69, 9.17) is 12.2 Å². The van der Waals surface area contributed by atoms with Crippen LogP contribution in [0.15, 0.2) is 0 Å². The molecule has 2 atom stereocenters. The van der Waals surface area contributed by atoms with Gasteiger partial charge in [0.25, 0.3) is 0 Å². The lowest BCUT2D eigenvalue weighted by atomic mass is 9.48. The van der Waals surface area contributed by atoms with Crippen LogP contribution in [0.4, 0.5) is 4.39 Å². The Bertz CT molecular complexity index is 753. The van der Waals surface area contributed by atoms with Crippen molar-refractivity contribution in [2.45, 2.75) is 69.5 Å². The van der Waals surface area contributed by atoms with E-state index < -0.39 is 11.1 Å². The summed E-state index contributed by atoms with van der Waals surface area (Å²) in [5.74, 6) is 1.79. The quantitative estimate of drug-likeness (QED) is 0.789. The van der Waals surface area contributed by atoms with E-state index in [-0.39, 0.29) is 5.91 Å². The van der Waals surface area contributed by atoms with Gasteiger partial charge in [-0.25, -0.2) is 4.39 Å². The van der Waals surface area contributed by atoms with Gasteiger partial charge in [0.15, 0.2) is 4.77 Å². The zero-order valence-corrected chi connectivity index (χ0v) is 15.2. The van der Waals surface area contributed by atoms with Gasteiger partial charge in [0.1, 0.15) is 11.5 Å². The molecule has 4 bridgehead atoms. The molecule has 5 aliphatic carbocycles. The summed E-state index contributed by atoms with van der Waals surface area (Å²) >= 11 is 5.30. The molecule has 2 N–H and O–H groups in total. The summed E-state index contributed by atoms with van der Waals surface area (Å²) in [5, 5.41) is 10.3. The second-order valence-corrected chi connectivity index (χ2v) is 9.33. The van der Waals surface area contributed by atoms with E-state index >= 15 is 4.39 Å². The Morgan fingerprint density at radius 2 is 2.04 bits per heavy atom. The first-order valence-electron chi connectivity index (χ1n) is 9.59. The second kappa shape index (κ2) is 5.38. The largest absolute Gasteiger partial charge is 0.355 e. The van der Waals surface area contributed by atoms with Crippen molar-refractivity contribution >= 4 is 18.1 Å². The van der Waals surface area contributed by atoms with Crippen LogP contribution in [0.25, 0.3) is 0 Å². The molecule has 7 heteroatoms. The minimum absolute atomic E-state index is 0.0655. The maximum absolute atomic E-state index is 15.0. The molecule has 5 saturated carbocycles. The maximum Gasteiger partial charge on any atom is 0.226 e. The zero-order valence-electron chi connectivity index (χ0n) is 14.4. The monoisotopic (exact) mass is 364 g/mol. The average molecular weight is 364 g/mol. The number of nitrogens with one attached hydrogen (secondary N) is 2. The Balaban J connectivity index is 1.25. The lowest BCUT2D eigenvalue weighted by Gasteiger charge is -2.58. The average Bonchev–Trinajstić information content (AvgIpc) is 3.28. The van der Waals surface area contributed by atoms with Crippen molar-refractivity contribution < 1.29 is 9.18 Å². The fourth-order valence-corrected chi connectivity index (χ4v) is 6.41. The van der Waals surface area contributed by atoms with Crippen molar-refractivity contribution in [1.29, 1.82) is 0 Å². The van der Waals surface area contributed by atoms with E-state index in [2.05, 4.69) is 20.1 Å². The molecule has 6 rings (SSSR count). The number of carbonyl (C=O) groups is 1. The van der Waals surface area contributed by atoms with Gasteiger partial charge in [0.05, 0.1) is 5.41 Å². The van der Waals surface area contributed by atoms with Crippen LogP contribution >= 0.6 is 12.2 Å². The summed E-state index contributed by atoms with van der Waals surface area (Å²) in [6, 6.07) is 0.478. The fourth-order valence-electron chi connectivity index (χ4n) is 6.11. The number of nitrogens with zero attached hydrogens (tertiary/aromatic N) is 2. The van der Waals surface area contributed by atoms with Gasteiger partial charge in [-0.05, 0) is 75.4 Å². The number of rotatable bonds is 5. The lowest BCUT2D eigenvalue weighted by molar-refractivity contribution is -0.160. The molecule has 0 unspecified atom stereocenters. The van der Waals surface area contributed by atoms with E-state index in [1.165, 1.54) is 0 Å². The molecule has 25 heavy (non-hydrogen) atoms. The number of amides is 1. The molecular weight excluding hydrogens is 339 g/mol. The number of hydrogen-bond donors (Lipinski definition) is 2. The molecule has 0 radical (unpaired) electrons. The molecule has 0 aliphatic heterocycles. The molecule has 5 nitrogen and oxygen atoms in total. The Labute approximate surface area is 151 Å². The van der Waals surface area contributed by atoms with Crippen LogP contribution in [0.3, 0.4) is 0 Å². The molecule has 1 heterocycles. The standard InChI is InChI=1S/C18H25FN4OS/c19-18-8-11-5-12(9-18)7-17(6-11,10-18)15(24)20-4-3-14-21-22-16(25)23(14)13-1-2-13/h11-13H,1-10H2,(H,20,24)(H,22,25)/t11-,12-,17?,18?/m1/s1. The summed E-state index contributed by atoms with van der Waals surface area (Å²) in [7, 11) is 0. The molecule has 136 valence electrons. The summed E-state index contributed by atoms with van der Waals surface area (Å²) in [6.07, 6.45) is 7.62. The van der Waals surface area contributed by atoms with E-state index in [1.807, 2.05) is 0 Å². The third kappa shape index (κ3) is 2.66. The predicted molar refractivity (Wildman–Crippen MR) is 93.4 cm³/mol. The highest BCUT2D eigenvalue weighted by Gasteiger charge is 2.61. The van der Waals surface area contributed by atoms with Gasteiger partial charge >= 0.3 is 0 Å². The molecule has 0 saturated heterocycles. The molecule has 1 aromatic rings. The maximum atomic E-state index is 15.0. The third-order valence-corrected chi connectivity index (χ3v) is 7.08. The van der Waals surface area contributed by atoms with Gasteiger partial charge in [-0.15, -0.1) is 0 Å². The zero-order chi connectivity index (χ0) is 17.2. The Hall–Kier alpha value is -1.24. The SMILES string of the molecule is O=C(NCCc1n[nH]c(=S)n1C1CC1)C12C[C@H]3C[C@@H](CC(F)(C3)C1)C2. The number of aromatic amines is 1. The summed E-state index contributed by atoms with van der Waals surface area (Å²) < 4.78 is 17.8. The van der Waals surface area contributed by atoms with Crippen LogP contribution in [0.1, 0.15) is 63.2 Å². The summed E-state index contributed by atoms with van der Waals surface area (Å²) in [5.41, 5.74) is -1.55. The van der Waals surface area contributed by atoms with E-state index in [0.29, 0.717) is 54.9 Å². The molecule has 5 fully saturated rings. The minimum Gasteiger partial charge on any atom is -0.355 e. The molecule has 0 spiro atoms. The molecule has 1 aromatic heterocycles. The highest BCUT2D eigenvalue weighted by molar-refractivity contribution is 7.71. The van der Waals surface area contributed by atoms with Crippen molar-refractivity contribution in [2.75, 3.05) is 6.54 Å². The highest BCUT2D eigenvalue weighted by Crippen LogP contribution is 2.63. The Morgan fingerprint density at radius 1 is 1.32 bits per heavy atom. The van der Waals surface area contributed by atoms with Gasteiger partial charge < -0.3 is 9.88 Å². The normalized spacial score (nSPS) is 38.9. The molecular formula is C18H25FN4OS. The van der Waals surface area contributed by atoms with E-state index in [9.17, 15) is 4.79 Å². The minimum atomic E-state index is -1.09. The van der Waals surface area contributed by atoms with Crippen molar-refractivity contribution in [1.82, 2.24) is 20.1 Å². The van der Waals surface area contributed by atoms with Crippen molar-refractivity contribution in [2.24, 2.45) is 17.3 Å². The van der Waals surface area contributed by atoms with Gasteiger partial charge in [-0.1, -0.05) is 0 Å². The molecule has 1 amide bonds. The van der Waals surface area contributed by atoms with Crippen LogP contribution in [-0.2, 0) is 11.2 Å². The van der Waals surface area contributed by atoms with Crippen LogP contribution in [0.2, 0.25) is 0 Å². The molecule has 0 aromatic carbocycles. The first-order valence-corrected chi connectivity index (χ1v) is 10.0. The first-order chi connectivity index (χ1) is 12.0. The topological polar surface area (TPSA) is 62.7 Å². The molecule has 5 aliphatic rings. The first kappa shape index (κ1) is 16.0. The van der Waals surface area contributed by atoms with Crippen LogP contribution in [0.5, 0.6) is 0 Å². The van der Waals surface area contributed by atoms with Gasteiger partial charge in [0.2, 0.25) is 5.91 Å². The van der Waals surface area contributed by atoms with E-state index in [1.54, 1.807) is 0 Å². The number of alkyl halides is 1. The third-order valence-electron chi connectivity index (χ3n) is 6.80. The summed E-state index contributed by atoms with van der Waals surface area (Å²) in [6.45, 7) is 0.543. The fraction of sp³-hybridized carbons (Fsp3) is 0.833. The summed E-state index contributed by atoms with van der Waals surface area (Å²) in [4.78, 5) is 12.9. The highest BCUT2D eigenvalue weighted by atomic mass is 32.1. The second-order valence-electron chi connectivity index (χ2n) is 8.94. The van der Waals surface area contributed by atoms with Gasteiger partial charge in [-0.2, -0.15) is 5.10 Å². The van der Waals surface area contributed by atoms with Crippen molar-refractivity contribution in [3.63, 3.8) is 0 Å². The smallest absolute Gasteiger partial charge is 0.226 e. The number of H-pyrrole nitrogens is 1. The lowest BCUT2D eigenvalue weighted by Crippen LogP contribution is -2.59. The van der Waals surface area contributed by atoms with Gasteiger partial charge in [-0.3, -0.25) is 9.89 Å².